The molecule has 5 aliphatic rings. The van der Waals surface area contributed by atoms with E-state index in [9.17, 15) is 17.6 Å². The highest BCUT2D eigenvalue weighted by Gasteiger charge is 2.51. The van der Waals surface area contributed by atoms with Crippen LogP contribution in [0.4, 0.5) is 33.5 Å². The van der Waals surface area contributed by atoms with Crippen molar-refractivity contribution < 1.29 is 31.4 Å². The summed E-state index contributed by atoms with van der Waals surface area (Å²) >= 11 is 0. The van der Waals surface area contributed by atoms with Crippen LogP contribution in [0.25, 0.3) is 0 Å². The third-order valence-corrected chi connectivity index (χ3v) is 9.72. The van der Waals surface area contributed by atoms with Gasteiger partial charge in [-0.1, -0.05) is 18.1 Å². The lowest BCUT2D eigenvalue weighted by atomic mass is 9.90. The summed E-state index contributed by atoms with van der Waals surface area (Å²) in [5, 5.41) is 3.59. The quantitative estimate of drug-likeness (QED) is 0.217. The lowest BCUT2D eigenvalue weighted by Gasteiger charge is -2.37. The summed E-state index contributed by atoms with van der Waals surface area (Å²) in [5.41, 5.74) is 4.58. The highest BCUT2D eigenvalue weighted by Crippen LogP contribution is 2.46. The Morgan fingerprint density at radius 1 is 1.22 bits per heavy atom. The van der Waals surface area contributed by atoms with Crippen LogP contribution in [0.3, 0.4) is 0 Å². The average molecular weight is 631 g/mol. The van der Waals surface area contributed by atoms with Gasteiger partial charge < -0.3 is 25.4 Å². The smallest absolute Gasteiger partial charge is 0.418 e. The van der Waals surface area contributed by atoms with Gasteiger partial charge in [-0.2, -0.15) is 23.1 Å². The number of hydrogen-bond donors (Lipinski definition) is 2. The number of ether oxygens (including phenoxy) is 2. The zero-order valence-electron chi connectivity index (χ0n) is 24.9. The highest BCUT2D eigenvalue weighted by atomic mass is 19.4. The Labute approximate surface area is 258 Å². The first kappa shape index (κ1) is 30.2. The van der Waals surface area contributed by atoms with Crippen molar-refractivity contribution in [3.63, 3.8) is 0 Å². The molecular weight excluding hydrogens is 595 g/mol. The van der Waals surface area contributed by atoms with Crippen molar-refractivity contribution in [2.45, 2.75) is 81.7 Å². The van der Waals surface area contributed by atoms with Gasteiger partial charge in [-0.3, -0.25) is 4.90 Å². The Balaban J connectivity index is 1.27. The Morgan fingerprint density at radius 2 is 1.98 bits per heavy atom. The predicted octanol–water partition coefficient (Wildman–Crippen LogP) is 4.46. The number of fused-ring (bicyclic) bond motifs is 4. The molecule has 4 saturated heterocycles. The third kappa shape index (κ3) is 5.40. The van der Waals surface area contributed by atoms with Crippen LogP contribution in [0.2, 0.25) is 0 Å². The van der Waals surface area contributed by atoms with Gasteiger partial charge in [0.05, 0.1) is 35.2 Å². The second-order valence-corrected chi connectivity index (χ2v) is 12.9. The number of nitrogens with zero attached hydrogens (tertiary/aromatic N) is 4. The van der Waals surface area contributed by atoms with E-state index < -0.39 is 52.2 Å². The molecule has 2 aromatic rings. The SMILES string of the molecule is C=C1CN2C[C@H](F)C[C@@]2(COc2nc3c(c(N4CC5CCC(C4)N5)n2)CO[C@@H](c2c(F)c(N)cc(C#CC)c2C(F)(F)F)C3)C1. The van der Waals surface area contributed by atoms with Crippen molar-refractivity contribution in [2.75, 3.05) is 43.4 Å². The Kier molecular flexibility index (Phi) is 7.45. The van der Waals surface area contributed by atoms with Crippen molar-refractivity contribution in [3.8, 4) is 17.9 Å². The molecule has 1 aromatic carbocycles. The lowest BCUT2D eigenvalue weighted by Crippen LogP contribution is -2.52. The van der Waals surface area contributed by atoms with E-state index in [1.807, 2.05) is 0 Å². The molecule has 0 saturated carbocycles. The first-order chi connectivity index (χ1) is 21.4. The largest absolute Gasteiger partial charge is 0.461 e. The third-order valence-electron chi connectivity index (χ3n) is 9.72. The normalized spacial score (nSPS) is 29.4. The zero-order valence-corrected chi connectivity index (χ0v) is 24.9. The summed E-state index contributed by atoms with van der Waals surface area (Å²) in [6.07, 6.45) is -4.43. The van der Waals surface area contributed by atoms with E-state index in [0.717, 1.165) is 24.5 Å². The molecule has 7 rings (SSSR count). The molecule has 4 fully saturated rings. The molecule has 8 nitrogen and oxygen atoms in total. The maximum Gasteiger partial charge on any atom is 0.418 e. The fraction of sp³-hybridized carbons (Fsp3) is 0.562. The number of nitrogen functional groups attached to an aromatic ring is 1. The van der Waals surface area contributed by atoms with Gasteiger partial charge in [0.15, 0.2) is 5.82 Å². The van der Waals surface area contributed by atoms with Gasteiger partial charge in [-0.15, -0.1) is 5.92 Å². The van der Waals surface area contributed by atoms with E-state index in [4.69, 9.17) is 20.2 Å². The zero-order chi connectivity index (χ0) is 31.7. The van der Waals surface area contributed by atoms with E-state index in [2.05, 4.69) is 38.5 Å². The molecule has 5 aliphatic heterocycles. The molecule has 0 spiro atoms. The summed E-state index contributed by atoms with van der Waals surface area (Å²) in [5.74, 6) is 4.29. The molecule has 5 atom stereocenters. The number of hydrogen-bond acceptors (Lipinski definition) is 8. The van der Waals surface area contributed by atoms with Crippen molar-refractivity contribution in [3.05, 3.63) is 52.0 Å². The lowest BCUT2D eigenvalue weighted by molar-refractivity contribution is -0.140. The average Bonchev–Trinajstić information content (AvgIpc) is 3.58. The van der Waals surface area contributed by atoms with Crippen molar-refractivity contribution in [1.82, 2.24) is 20.2 Å². The number of nitrogens with one attached hydrogen (secondary N) is 1. The summed E-state index contributed by atoms with van der Waals surface area (Å²) in [6.45, 7) is 7.78. The number of halogens is 5. The molecule has 3 N–H and O–H groups in total. The summed E-state index contributed by atoms with van der Waals surface area (Å²) in [7, 11) is 0. The monoisotopic (exact) mass is 630 g/mol. The van der Waals surface area contributed by atoms with Crippen LogP contribution < -0.4 is 20.7 Å². The van der Waals surface area contributed by atoms with Gasteiger partial charge in [-0.05, 0) is 32.3 Å². The fourth-order valence-corrected chi connectivity index (χ4v) is 7.90. The summed E-state index contributed by atoms with van der Waals surface area (Å²) in [6, 6.07) is 1.51. The molecule has 1 aromatic heterocycles. The van der Waals surface area contributed by atoms with Crippen LogP contribution in [-0.4, -0.2) is 71.4 Å². The molecule has 0 aliphatic carbocycles. The minimum atomic E-state index is -4.91. The molecule has 0 radical (unpaired) electrons. The second kappa shape index (κ2) is 11.1. The van der Waals surface area contributed by atoms with Crippen LogP contribution in [-0.2, 0) is 23.9 Å². The van der Waals surface area contributed by atoms with Crippen LogP contribution >= 0.6 is 0 Å². The maximum absolute atomic E-state index is 15.5. The Hall–Kier alpha value is -3.47. The molecule has 0 amide bonds. The topological polar surface area (TPSA) is 88.8 Å². The van der Waals surface area contributed by atoms with E-state index in [0.29, 0.717) is 56.1 Å². The van der Waals surface area contributed by atoms with Gasteiger partial charge in [0, 0.05) is 67.8 Å². The molecule has 45 heavy (non-hydrogen) atoms. The Morgan fingerprint density at radius 3 is 2.69 bits per heavy atom. The van der Waals surface area contributed by atoms with Crippen molar-refractivity contribution in [1.29, 1.82) is 0 Å². The highest BCUT2D eigenvalue weighted by molar-refractivity contribution is 5.59. The minimum Gasteiger partial charge on any atom is -0.461 e. The number of rotatable bonds is 5. The van der Waals surface area contributed by atoms with E-state index in [-0.39, 0.29) is 37.7 Å². The Bertz CT molecular complexity index is 1590. The summed E-state index contributed by atoms with van der Waals surface area (Å²) < 4.78 is 85.5. The predicted molar refractivity (Wildman–Crippen MR) is 157 cm³/mol. The van der Waals surface area contributed by atoms with Gasteiger partial charge in [0.1, 0.15) is 18.6 Å². The van der Waals surface area contributed by atoms with Gasteiger partial charge in [0.25, 0.3) is 0 Å². The fourth-order valence-electron chi connectivity index (χ4n) is 7.90. The molecule has 2 unspecified atom stereocenters. The van der Waals surface area contributed by atoms with E-state index in [1.54, 1.807) is 0 Å². The first-order valence-corrected chi connectivity index (χ1v) is 15.3. The van der Waals surface area contributed by atoms with Gasteiger partial charge in [0.2, 0.25) is 0 Å². The number of aromatic nitrogens is 2. The van der Waals surface area contributed by atoms with Crippen molar-refractivity contribution in [2.24, 2.45) is 0 Å². The van der Waals surface area contributed by atoms with Gasteiger partial charge >= 0.3 is 12.2 Å². The standard InChI is InChI=1S/C32H35F5N6O2/c1-3-4-18-7-23(38)28(34)26(27(18)32(35,36)37)25-8-24-22(15-44-25)29(42-13-20-5-6-21(14-42)39-20)41-30(40-24)45-16-31-9-17(2)11-43(31)12-19(33)10-31/h7,19-21,25,39H,2,5-6,8-16,38H2,1H3/t19-,20?,21?,25-,31-/m1/s1. The first-order valence-electron chi connectivity index (χ1n) is 15.3. The van der Waals surface area contributed by atoms with Crippen LogP contribution in [0.1, 0.15) is 66.7 Å². The van der Waals surface area contributed by atoms with Crippen LogP contribution in [0.15, 0.2) is 18.2 Å². The molecule has 2 bridgehead atoms. The summed E-state index contributed by atoms with van der Waals surface area (Å²) in [4.78, 5) is 13.6. The van der Waals surface area contributed by atoms with Crippen LogP contribution in [0, 0.1) is 17.7 Å². The minimum absolute atomic E-state index is 0.0473. The number of anilines is 2. The van der Waals surface area contributed by atoms with Gasteiger partial charge in [-0.25, -0.2) is 8.78 Å². The number of alkyl halides is 4. The molecular formula is C32H35F5N6O2. The molecule has 6 heterocycles. The molecule has 240 valence electrons. The van der Waals surface area contributed by atoms with Crippen molar-refractivity contribution >= 4 is 11.5 Å². The number of nitrogens with two attached hydrogens (primary N) is 1. The maximum atomic E-state index is 15.5. The van der Waals surface area contributed by atoms with E-state index >= 15 is 4.39 Å². The number of piperazine rings is 1. The second-order valence-electron chi connectivity index (χ2n) is 12.9. The van der Waals surface area contributed by atoms with E-state index in [1.165, 1.54) is 6.92 Å². The number of benzene rings is 1. The molecule has 13 heteroatoms. The van der Waals surface area contributed by atoms with Crippen LogP contribution in [0.5, 0.6) is 6.01 Å².